The van der Waals surface area contributed by atoms with Crippen LogP contribution in [0.5, 0.6) is 5.75 Å². The highest BCUT2D eigenvalue weighted by Crippen LogP contribution is 2.25. The first-order chi connectivity index (χ1) is 14.7. The summed E-state index contributed by atoms with van der Waals surface area (Å²) in [6.45, 7) is 5.62. The van der Waals surface area contributed by atoms with Gasteiger partial charge in [-0.2, -0.15) is 0 Å². The summed E-state index contributed by atoms with van der Waals surface area (Å²) in [6, 6.07) is 16.9. The van der Waals surface area contributed by atoms with Gasteiger partial charge in [0.1, 0.15) is 5.75 Å². The number of nitrogens with one attached hydrogen (secondary N) is 2. The summed E-state index contributed by atoms with van der Waals surface area (Å²) >= 11 is 5.51. The van der Waals surface area contributed by atoms with Gasteiger partial charge in [-0.3, -0.25) is 0 Å². The molecule has 0 aromatic heterocycles. The molecule has 2 aromatic carbocycles. The monoisotopic (exact) mass is 425 g/mol. The van der Waals surface area contributed by atoms with Gasteiger partial charge in [-0.25, -0.2) is 0 Å². The third kappa shape index (κ3) is 5.64. The van der Waals surface area contributed by atoms with Crippen molar-refractivity contribution in [2.24, 2.45) is 0 Å². The van der Waals surface area contributed by atoms with Gasteiger partial charge in [0.25, 0.3) is 0 Å². The molecule has 1 atom stereocenters. The average molecular weight is 426 g/mol. The zero-order valence-electron chi connectivity index (χ0n) is 17.6. The number of thiocarbonyl (C=S) groups is 1. The van der Waals surface area contributed by atoms with Crippen molar-refractivity contribution < 1.29 is 9.47 Å². The lowest BCUT2D eigenvalue weighted by atomic mass is 10.1. The molecule has 160 valence electrons. The van der Waals surface area contributed by atoms with Crippen LogP contribution in [0.4, 0.5) is 11.4 Å². The largest absolute Gasteiger partial charge is 0.490 e. The number of hydrogen-bond acceptors (Lipinski definition) is 4. The molecule has 1 aliphatic heterocycles. The van der Waals surface area contributed by atoms with Crippen LogP contribution < -0.4 is 20.3 Å². The molecule has 0 bridgehead atoms. The van der Waals surface area contributed by atoms with Crippen LogP contribution in [0.15, 0.2) is 48.5 Å². The summed E-state index contributed by atoms with van der Waals surface area (Å²) < 4.78 is 11.5. The molecule has 0 radical (unpaired) electrons. The van der Waals surface area contributed by atoms with Gasteiger partial charge < -0.3 is 25.0 Å². The van der Waals surface area contributed by atoms with Crippen molar-refractivity contribution in [2.45, 2.75) is 44.8 Å². The highest BCUT2D eigenvalue weighted by molar-refractivity contribution is 7.80. The first-order valence-corrected chi connectivity index (χ1v) is 11.3. The van der Waals surface area contributed by atoms with Crippen LogP contribution in [0.25, 0.3) is 0 Å². The maximum Gasteiger partial charge on any atom is 0.171 e. The van der Waals surface area contributed by atoms with Crippen molar-refractivity contribution in [3.63, 3.8) is 0 Å². The fraction of sp³-hybridized carbons (Fsp3) is 0.458. The zero-order valence-corrected chi connectivity index (χ0v) is 18.4. The molecule has 1 saturated heterocycles. The summed E-state index contributed by atoms with van der Waals surface area (Å²) in [5.41, 5.74) is 3.41. The van der Waals surface area contributed by atoms with Crippen molar-refractivity contribution in [3.05, 3.63) is 54.1 Å². The average Bonchev–Trinajstić information content (AvgIpc) is 3.29. The molecule has 2 fully saturated rings. The Morgan fingerprint density at radius 1 is 1.03 bits per heavy atom. The van der Waals surface area contributed by atoms with E-state index in [4.69, 9.17) is 21.7 Å². The Bertz CT molecular complexity index is 813. The normalized spacial score (nSPS) is 18.1. The molecule has 1 saturated carbocycles. The van der Waals surface area contributed by atoms with Crippen LogP contribution in [0.3, 0.4) is 0 Å². The Labute approximate surface area is 184 Å². The number of nitrogens with zero attached hydrogens (tertiary/aromatic N) is 1. The maximum atomic E-state index is 6.02. The molecule has 30 heavy (non-hydrogen) atoms. The lowest BCUT2D eigenvalue weighted by Crippen LogP contribution is -2.36. The highest BCUT2D eigenvalue weighted by Gasteiger charge is 2.16. The van der Waals surface area contributed by atoms with Crippen molar-refractivity contribution >= 4 is 28.7 Å². The lowest BCUT2D eigenvalue weighted by Gasteiger charge is -2.29. The number of hydrogen-bond donors (Lipinski definition) is 2. The van der Waals surface area contributed by atoms with Crippen LogP contribution >= 0.6 is 12.2 Å². The Balaban J connectivity index is 1.26. The van der Waals surface area contributed by atoms with Gasteiger partial charge in [0.15, 0.2) is 5.11 Å². The van der Waals surface area contributed by atoms with Crippen LogP contribution in [-0.2, 0) is 4.74 Å². The van der Waals surface area contributed by atoms with E-state index in [9.17, 15) is 0 Å². The topological polar surface area (TPSA) is 45.8 Å². The molecule has 0 amide bonds. The number of morpholine rings is 1. The molecular weight excluding hydrogens is 394 g/mol. The predicted octanol–water partition coefficient (Wildman–Crippen LogP) is 4.89. The molecule has 6 heteroatoms. The van der Waals surface area contributed by atoms with E-state index in [2.05, 4.69) is 46.7 Å². The van der Waals surface area contributed by atoms with Gasteiger partial charge in [0, 0.05) is 24.5 Å². The third-order valence-corrected chi connectivity index (χ3v) is 6.05. The van der Waals surface area contributed by atoms with Crippen molar-refractivity contribution in [2.75, 3.05) is 36.5 Å². The minimum atomic E-state index is 0.119. The smallest absolute Gasteiger partial charge is 0.171 e. The number of ether oxygens (including phenoxy) is 2. The summed E-state index contributed by atoms with van der Waals surface area (Å²) in [5.74, 6) is 0.931. The van der Waals surface area contributed by atoms with Crippen molar-refractivity contribution in [1.29, 1.82) is 0 Å². The molecule has 1 heterocycles. The molecule has 1 aliphatic carbocycles. The van der Waals surface area contributed by atoms with E-state index in [0.717, 1.165) is 37.7 Å². The Morgan fingerprint density at radius 3 is 2.37 bits per heavy atom. The predicted molar refractivity (Wildman–Crippen MR) is 127 cm³/mol. The van der Waals surface area contributed by atoms with Crippen LogP contribution in [0.1, 0.15) is 44.2 Å². The van der Waals surface area contributed by atoms with Gasteiger partial charge in [-0.1, -0.05) is 12.1 Å². The van der Waals surface area contributed by atoms with Crippen LogP contribution in [0.2, 0.25) is 0 Å². The van der Waals surface area contributed by atoms with Crippen LogP contribution in [0, 0.1) is 0 Å². The molecule has 2 aromatic rings. The Kier molecular flexibility index (Phi) is 7.07. The molecule has 2 N–H and O–H groups in total. The molecule has 2 aliphatic rings. The van der Waals surface area contributed by atoms with Gasteiger partial charge in [0.2, 0.25) is 0 Å². The summed E-state index contributed by atoms with van der Waals surface area (Å²) in [6.07, 6.45) is 5.26. The lowest BCUT2D eigenvalue weighted by molar-refractivity contribution is 0.122. The van der Waals surface area contributed by atoms with Crippen molar-refractivity contribution in [3.8, 4) is 5.75 Å². The molecule has 5 nitrogen and oxygen atoms in total. The first kappa shape index (κ1) is 20.9. The summed E-state index contributed by atoms with van der Waals surface area (Å²) in [5, 5.41) is 7.26. The van der Waals surface area contributed by atoms with Gasteiger partial charge in [-0.05, 0) is 86.8 Å². The van der Waals surface area contributed by atoms with Gasteiger partial charge in [-0.15, -0.1) is 0 Å². The molecule has 1 unspecified atom stereocenters. The minimum Gasteiger partial charge on any atom is -0.490 e. The molecule has 4 rings (SSSR count). The van der Waals surface area contributed by atoms with E-state index in [-0.39, 0.29) is 6.04 Å². The van der Waals surface area contributed by atoms with E-state index < -0.39 is 0 Å². The maximum absolute atomic E-state index is 6.02. The second-order valence-electron chi connectivity index (χ2n) is 8.06. The van der Waals surface area contributed by atoms with E-state index in [1.165, 1.54) is 36.9 Å². The fourth-order valence-corrected chi connectivity index (χ4v) is 4.35. The Hall–Kier alpha value is -2.31. The highest BCUT2D eigenvalue weighted by atomic mass is 32.1. The Morgan fingerprint density at radius 2 is 1.70 bits per heavy atom. The number of benzene rings is 2. The molecule has 0 spiro atoms. The summed E-state index contributed by atoms with van der Waals surface area (Å²) in [7, 11) is 0. The molecular formula is C24H31N3O2S. The zero-order chi connectivity index (χ0) is 20.8. The van der Waals surface area contributed by atoms with Crippen molar-refractivity contribution in [1.82, 2.24) is 5.32 Å². The second-order valence-corrected chi connectivity index (χ2v) is 8.47. The van der Waals surface area contributed by atoms with E-state index in [0.29, 0.717) is 11.2 Å². The van der Waals surface area contributed by atoms with E-state index in [1.54, 1.807) is 0 Å². The fourth-order valence-electron chi connectivity index (χ4n) is 4.06. The van der Waals surface area contributed by atoms with E-state index >= 15 is 0 Å². The third-order valence-electron chi connectivity index (χ3n) is 5.83. The first-order valence-electron chi connectivity index (χ1n) is 10.9. The standard InChI is InChI=1S/C24H31N3O2S/c1-18(19-6-10-21(11-7-19)27-14-16-28-17-15-27)25-24(30)26-20-8-12-23(13-9-20)29-22-4-2-3-5-22/h6-13,18,22H,2-5,14-17H2,1H3,(H2,25,26,30). The quantitative estimate of drug-likeness (QED) is 0.643. The van der Waals surface area contributed by atoms with Gasteiger partial charge >= 0.3 is 0 Å². The van der Waals surface area contributed by atoms with Gasteiger partial charge in [0.05, 0.1) is 25.4 Å². The van der Waals surface area contributed by atoms with E-state index in [1.807, 2.05) is 24.3 Å². The second kappa shape index (κ2) is 10.1. The van der Waals surface area contributed by atoms with Crippen LogP contribution in [-0.4, -0.2) is 37.5 Å². The number of rotatable bonds is 6. The minimum absolute atomic E-state index is 0.119. The number of anilines is 2. The summed E-state index contributed by atoms with van der Waals surface area (Å²) in [4.78, 5) is 2.36. The SMILES string of the molecule is CC(NC(=S)Nc1ccc(OC2CCCC2)cc1)c1ccc(N2CCOCC2)cc1.